The molecule has 0 bridgehead atoms. The van der Waals surface area contributed by atoms with Crippen molar-refractivity contribution in [3.8, 4) is 5.75 Å². The third kappa shape index (κ3) is 5.28. The monoisotopic (exact) mass is 487 g/mol. The first-order valence-electron chi connectivity index (χ1n) is 10.7. The highest BCUT2D eigenvalue weighted by Gasteiger charge is 2.27. The number of methoxy groups -OCH3 is 1. The summed E-state index contributed by atoms with van der Waals surface area (Å²) in [6, 6.07) is 12.2. The van der Waals surface area contributed by atoms with E-state index >= 15 is 0 Å². The molecule has 0 radical (unpaired) electrons. The predicted octanol–water partition coefficient (Wildman–Crippen LogP) is 1.83. The van der Waals surface area contributed by atoms with E-state index in [4.69, 9.17) is 14.2 Å². The molecule has 3 aromatic rings. The van der Waals surface area contributed by atoms with E-state index in [1.165, 1.54) is 22.5 Å². The zero-order valence-corrected chi connectivity index (χ0v) is 19.4. The van der Waals surface area contributed by atoms with Gasteiger partial charge in [-0.2, -0.15) is 4.31 Å². The number of carbonyl (C=O) groups excluding carboxylic acids is 1. The van der Waals surface area contributed by atoms with Crippen LogP contribution >= 0.6 is 0 Å². The quantitative estimate of drug-likeness (QED) is 0.464. The molecule has 0 atom stereocenters. The van der Waals surface area contributed by atoms with Crippen LogP contribution in [0.25, 0.3) is 10.9 Å². The maximum Gasteiger partial charge on any atom is 0.256 e. The lowest BCUT2D eigenvalue weighted by molar-refractivity contribution is 0.0730. The maximum atomic E-state index is 13.1. The largest absolute Gasteiger partial charge is 0.491 e. The molecule has 2 N–H and O–H groups in total. The Balaban J connectivity index is 1.61. The number of ether oxygens (including phenoxy) is 3. The van der Waals surface area contributed by atoms with Gasteiger partial charge in [-0.1, -0.05) is 0 Å². The van der Waals surface area contributed by atoms with Crippen LogP contribution in [0.1, 0.15) is 10.4 Å². The number of nitrogens with one attached hydrogen (secondary N) is 2. The Hall–Kier alpha value is -3.25. The van der Waals surface area contributed by atoms with Gasteiger partial charge in [0.15, 0.2) is 0 Å². The maximum absolute atomic E-state index is 13.1. The number of rotatable bonds is 8. The first-order chi connectivity index (χ1) is 16.4. The van der Waals surface area contributed by atoms with Crippen molar-refractivity contribution in [1.82, 2.24) is 9.29 Å². The zero-order chi connectivity index (χ0) is 24.1. The number of anilines is 1. The lowest BCUT2D eigenvalue weighted by Gasteiger charge is -2.26. The van der Waals surface area contributed by atoms with Crippen molar-refractivity contribution in [3.05, 3.63) is 64.4 Å². The van der Waals surface area contributed by atoms with Gasteiger partial charge >= 0.3 is 0 Å². The molecular formula is C23H25N3O7S. The summed E-state index contributed by atoms with van der Waals surface area (Å²) in [5.41, 5.74) is 0.455. The molecule has 1 aromatic heterocycles. The number of aromatic amines is 1. The molecule has 0 unspecified atom stereocenters. The van der Waals surface area contributed by atoms with E-state index in [1.807, 2.05) is 0 Å². The Kier molecular flexibility index (Phi) is 7.27. The van der Waals surface area contributed by atoms with Gasteiger partial charge in [-0.25, -0.2) is 8.42 Å². The number of fused-ring (bicyclic) bond motifs is 1. The van der Waals surface area contributed by atoms with Crippen molar-refractivity contribution in [1.29, 1.82) is 0 Å². The van der Waals surface area contributed by atoms with Crippen LogP contribution in [-0.4, -0.2) is 70.2 Å². The molecule has 1 aliphatic rings. The smallest absolute Gasteiger partial charge is 0.256 e. The lowest BCUT2D eigenvalue weighted by atomic mass is 10.1. The number of nitrogens with zero attached hydrogens (tertiary/aromatic N) is 1. The van der Waals surface area contributed by atoms with Crippen molar-refractivity contribution in [3.63, 3.8) is 0 Å². The van der Waals surface area contributed by atoms with Crippen LogP contribution in [0.15, 0.2) is 58.2 Å². The minimum atomic E-state index is -3.77. The zero-order valence-electron chi connectivity index (χ0n) is 18.6. The van der Waals surface area contributed by atoms with Crippen molar-refractivity contribution >= 4 is 32.5 Å². The number of pyridine rings is 1. The molecule has 4 rings (SSSR count). The highest BCUT2D eigenvalue weighted by molar-refractivity contribution is 7.89. The molecule has 11 heteroatoms. The summed E-state index contributed by atoms with van der Waals surface area (Å²) >= 11 is 0. The van der Waals surface area contributed by atoms with Gasteiger partial charge in [-0.05, 0) is 42.5 Å². The van der Waals surface area contributed by atoms with Crippen LogP contribution in [0.2, 0.25) is 0 Å². The normalized spacial score (nSPS) is 14.7. The molecule has 180 valence electrons. The highest BCUT2D eigenvalue weighted by atomic mass is 32.2. The molecule has 2 heterocycles. The standard InChI is InChI=1S/C23H25N3O7S/c1-31-12-13-33-17-4-2-16(3-5-17)24-23(28)20-15-22(27)25-21-7-6-18(14-19(20)21)34(29,30)26-8-10-32-11-9-26/h2-7,14-15H,8-13H2,1H3,(H,24,28)(H,25,27). The van der Waals surface area contributed by atoms with E-state index in [9.17, 15) is 18.0 Å². The Bertz CT molecular complexity index is 1330. The molecule has 0 spiro atoms. The van der Waals surface area contributed by atoms with Crippen LogP contribution in [0.4, 0.5) is 5.69 Å². The van der Waals surface area contributed by atoms with Crippen LogP contribution in [0.5, 0.6) is 5.75 Å². The Morgan fingerprint density at radius 1 is 1.09 bits per heavy atom. The summed E-state index contributed by atoms with van der Waals surface area (Å²) in [5, 5.41) is 3.07. The highest BCUT2D eigenvalue weighted by Crippen LogP contribution is 2.24. The van der Waals surface area contributed by atoms with Crippen LogP contribution in [-0.2, 0) is 19.5 Å². The summed E-state index contributed by atoms with van der Waals surface area (Å²) in [5.74, 6) is 0.0830. The molecule has 1 amide bonds. The van der Waals surface area contributed by atoms with Gasteiger partial charge in [0.1, 0.15) is 12.4 Å². The number of carbonyl (C=O) groups is 1. The molecule has 0 aliphatic carbocycles. The Morgan fingerprint density at radius 3 is 2.53 bits per heavy atom. The second kappa shape index (κ2) is 10.3. The summed E-state index contributed by atoms with van der Waals surface area (Å²) in [4.78, 5) is 27.9. The fourth-order valence-electron chi connectivity index (χ4n) is 3.59. The fraction of sp³-hybridized carbons (Fsp3) is 0.304. The van der Waals surface area contributed by atoms with E-state index in [1.54, 1.807) is 31.4 Å². The number of benzene rings is 2. The number of aromatic nitrogens is 1. The topological polar surface area (TPSA) is 127 Å². The average Bonchev–Trinajstić information content (AvgIpc) is 2.85. The number of H-pyrrole nitrogens is 1. The predicted molar refractivity (Wildman–Crippen MR) is 126 cm³/mol. The van der Waals surface area contributed by atoms with Crippen LogP contribution in [0, 0.1) is 0 Å². The molecular weight excluding hydrogens is 462 g/mol. The second-order valence-corrected chi connectivity index (χ2v) is 9.53. The van der Waals surface area contributed by atoms with Crippen molar-refractivity contribution in [2.24, 2.45) is 0 Å². The molecule has 10 nitrogen and oxygen atoms in total. The van der Waals surface area contributed by atoms with Crippen LogP contribution < -0.4 is 15.6 Å². The Labute approximate surface area is 196 Å². The number of hydrogen-bond donors (Lipinski definition) is 2. The minimum Gasteiger partial charge on any atom is -0.491 e. The third-order valence-corrected chi connectivity index (χ3v) is 7.23. The van der Waals surface area contributed by atoms with Crippen molar-refractivity contribution < 1.29 is 27.4 Å². The van der Waals surface area contributed by atoms with Gasteiger partial charge in [0.05, 0.1) is 30.3 Å². The minimum absolute atomic E-state index is 0.0422. The van der Waals surface area contributed by atoms with E-state index in [2.05, 4.69) is 10.3 Å². The molecule has 1 fully saturated rings. The first-order valence-corrected chi connectivity index (χ1v) is 12.1. The average molecular weight is 488 g/mol. The molecule has 0 saturated carbocycles. The van der Waals surface area contributed by atoms with Gasteiger partial charge in [0, 0.05) is 42.9 Å². The number of sulfonamides is 1. The molecule has 1 saturated heterocycles. The van der Waals surface area contributed by atoms with Gasteiger partial charge in [0.25, 0.3) is 5.91 Å². The lowest BCUT2D eigenvalue weighted by Crippen LogP contribution is -2.40. The third-order valence-electron chi connectivity index (χ3n) is 5.34. The summed E-state index contributed by atoms with van der Waals surface area (Å²) < 4.78 is 43.2. The number of morpholine rings is 1. The summed E-state index contributed by atoms with van der Waals surface area (Å²) in [6.45, 7) is 2.01. The number of hydrogen-bond acceptors (Lipinski definition) is 7. The van der Waals surface area contributed by atoms with E-state index < -0.39 is 21.5 Å². The summed E-state index contributed by atoms with van der Waals surface area (Å²) in [6.07, 6.45) is 0. The van der Waals surface area contributed by atoms with E-state index in [-0.39, 0.29) is 23.5 Å². The Morgan fingerprint density at radius 2 is 1.82 bits per heavy atom. The fourth-order valence-corrected chi connectivity index (χ4v) is 5.03. The summed E-state index contributed by atoms with van der Waals surface area (Å²) in [7, 11) is -2.19. The van der Waals surface area contributed by atoms with Crippen LogP contribution in [0.3, 0.4) is 0 Å². The van der Waals surface area contributed by atoms with Gasteiger partial charge in [-0.3, -0.25) is 9.59 Å². The van der Waals surface area contributed by atoms with E-state index in [0.29, 0.717) is 48.8 Å². The molecule has 34 heavy (non-hydrogen) atoms. The second-order valence-electron chi connectivity index (χ2n) is 7.59. The first kappa shape index (κ1) is 23.9. The van der Waals surface area contributed by atoms with Gasteiger partial charge in [0.2, 0.25) is 15.6 Å². The van der Waals surface area contributed by atoms with Gasteiger partial charge < -0.3 is 24.5 Å². The van der Waals surface area contributed by atoms with Crippen molar-refractivity contribution in [2.45, 2.75) is 4.90 Å². The molecule has 1 aliphatic heterocycles. The number of amides is 1. The SMILES string of the molecule is COCCOc1ccc(NC(=O)c2cc(=O)[nH]c3ccc(S(=O)(=O)N4CCOCC4)cc23)cc1. The van der Waals surface area contributed by atoms with Crippen molar-refractivity contribution in [2.75, 3.05) is 51.9 Å². The van der Waals surface area contributed by atoms with Gasteiger partial charge in [-0.15, -0.1) is 0 Å². The van der Waals surface area contributed by atoms with E-state index in [0.717, 1.165) is 6.07 Å². The molecule has 2 aromatic carbocycles.